The molecule has 0 unspecified atom stereocenters. The van der Waals surface area contributed by atoms with Crippen LogP contribution in [0.2, 0.25) is 70.3 Å². The van der Waals surface area contributed by atoms with Gasteiger partial charge in [0.05, 0.1) is 97.8 Å². The zero-order valence-electron chi connectivity index (χ0n) is 42.7. The van der Waals surface area contributed by atoms with E-state index in [2.05, 4.69) is 0 Å². The quantitative estimate of drug-likeness (QED) is 0.0888. The molecule has 410 valence electrons. The minimum Gasteiger partial charge on any atom is -0.497 e. The van der Waals surface area contributed by atoms with Gasteiger partial charge < -0.3 is 48.9 Å². The number of halogens is 14. The van der Waals surface area contributed by atoms with Crippen LogP contribution in [0.1, 0.15) is 52.7 Å². The van der Waals surface area contributed by atoms with Gasteiger partial charge in [-0.2, -0.15) is 0 Å². The molecule has 0 saturated carbocycles. The van der Waals surface area contributed by atoms with Gasteiger partial charge in [-0.1, -0.05) is 204 Å². The number of aromatic nitrogens is 8. The van der Waals surface area contributed by atoms with Gasteiger partial charge in [-0.3, -0.25) is 0 Å². The number of benzene rings is 6. The second-order valence-corrected chi connectivity index (χ2v) is 25.3. The summed E-state index contributed by atoms with van der Waals surface area (Å²) in [5.74, 6) is 1.25. The third kappa shape index (κ3) is 9.98. The standard InChI is InChI=1S/C54H30Cl14N8O4.Zn/c1-53(2,3)17-13-15(77-7)9-11-19(17)79-43-35(61)27-25(33(59)41(43)67)49-72-47-22-21(29(55)37(63)38(64)30(22)56)45(70-47)69-46-23-24(32(58)40(66)39(65)31(23)57)48(71-46)73-51-28-26(50(75-51)76-52(27)74-49)34(60)42(68)44(36(28)62)80-20-12-10-16(78-8)14-18(20)54(4,5)6;/h9-14H,1-8H3;/q-2;+2. The van der Waals surface area contributed by atoms with Crippen LogP contribution in [0.25, 0.3) is 89.7 Å². The molecule has 9 aromatic rings. The fraction of sp³-hybridized carbons (Fsp3) is 0.185. The summed E-state index contributed by atoms with van der Waals surface area (Å²) in [5.41, 5.74) is 0.307. The summed E-state index contributed by atoms with van der Waals surface area (Å²) in [7, 11) is 3.12. The predicted molar refractivity (Wildman–Crippen MR) is 328 cm³/mol. The Labute approximate surface area is 543 Å². The summed E-state index contributed by atoms with van der Waals surface area (Å²) in [5, 5.41) is -1.24. The van der Waals surface area contributed by atoms with Gasteiger partial charge in [0.2, 0.25) is 0 Å². The van der Waals surface area contributed by atoms with E-state index in [1.54, 1.807) is 38.5 Å². The number of nitrogens with zero attached hydrogens (tertiary/aromatic N) is 8. The summed E-state index contributed by atoms with van der Waals surface area (Å²) < 4.78 is 24.4. The molecule has 2 aliphatic rings. The topological polar surface area (TPSA) is 142 Å². The molecule has 12 nitrogen and oxygen atoms in total. The summed E-state index contributed by atoms with van der Waals surface area (Å²) in [6.45, 7) is 12.0. The maximum atomic E-state index is 7.52. The van der Waals surface area contributed by atoms with E-state index in [0.717, 1.165) is 11.1 Å². The van der Waals surface area contributed by atoms with E-state index in [0.29, 0.717) is 23.0 Å². The van der Waals surface area contributed by atoms with Crippen LogP contribution in [-0.2, 0) is 30.3 Å². The third-order valence-electron chi connectivity index (χ3n) is 13.0. The van der Waals surface area contributed by atoms with Crippen molar-refractivity contribution in [2.75, 3.05) is 14.2 Å². The molecule has 2 aliphatic heterocycles. The number of hydrogen-bond donors (Lipinski definition) is 0. The molecule has 27 heteroatoms. The predicted octanol–water partition coefficient (Wildman–Crippen LogP) is 21.5. The van der Waals surface area contributed by atoms with Gasteiger partial charge in [-0.15, -0.1) is 0 Å². The molecular formula is C54H30Cl14N8O4Zn. The third-order valence-corrected chi connectivity index (χ3v) is 19.0. The molecule has 0 fully saturated rings. The van der Waals surface area contributed by atoms with Gasteiger partial charge in [0.25, 0.3) is 0 Å². The van der Waals surface area contributed by atoms with Gasteiger partial charge in [0.1, 0.15) is 33.0 Å². The number of methoxy groups -OCH3 is 2. The Bertz CT molecular complexity index is 4450. The van der Waals surface area contributed by atoms with Crippen LogP contribution < -0.4 is 28.9 Å². The van der Waals surface area contributed by atoms with Gasteiger partial charge >= 0.3 is 19.5 Å². The van der Waals surface area contributed by atoms with E-state index in [1.165, 1.54) is 0 Å². The van der Waals surface area contributed by atoms with Crippen LogP contribution in [0, 0.1) is 0 Å². The smallest absolute Gasteiger partial charge is 0.497 e. The maximum Gasteiger partial charge on any atom is 2.00 e. The number of fused-ring (bicyclic) bond motifs is 20. The SMILES string of the molecule is COc1ccc(Oc2c(Cl)c(Cl)c3c(c2Cl)-c2nc-3nc3[n-]c(nc4nc(nc5[n-]c(n2)c2c(Cl)c(Cl)c(Cl)c(Cl)c52)-c2c(Cl)c(Cl)c(Cl)c(Cl)c2-4)c2c(Cl)c(Cl)c(Oc4ccc(OC)cc4C(C)(C)C)c(Cl)c32)c(C(C)(C)C)c1.[Zn+2]. The Balaban J connectivity index is 0.00000736. The van der Waals surface area contributed by atoms with Crippen LogP contribution in [-0.4, -0.2) is 44.1 Å². The monoisotopic (exact) mass is 1410 g/mol. The second-order valence-electron chi connectivity index (χ2n) is 20.0. The van der Waals surface area contributed by atoms with Crippen molar-refractivity contribution in [1.82, 2.24) is 39.9 Å². The first kappa shape index (κ1) is 60.7. The van der Waals surface area contributed by atoms with Gasteiger partial charge in [0.15, 0.2) is 11.5 Å². The van der Waals surface area contributed by atoms with Crippen molar-refractivity contribution in [3.05, 3.63) is 118 Å². The van der Waals surface area contributed by atoms with Crippen molar-refractivity contribution in [3.8, 4) is 80.0 Å². The van der Waals surface area contributed by atoms with Gasteiger partial charge in [0, 0.05) is 77.5 Å². The second kappa shape index (κ2) is 22.1. The number of ether oxygens (including phenoxy) is 4. The largest absolute Gasteiger partial charge is 2.00 e. The number of rotatable bonds is 6. The van der Waals surface area contributed by atoms with Crippen molar-refractivity contribution >= 4 is 207 Å². The van der Waals surface area contributed by atoms with Crippen molar-refractivity contribution in [1.29, 1.82) is 0 Å². The molecule has 11 rings (SSSR count). The minimum absolute atomic E-state index is 0. The normalized spacial score (nSPS) is 12.2. The van der Waals surface area contributed by atoms with E-state index in [4.69, 9.17) is 221 Å². The van der Waals surface area contributed by atoms with Crippen LogP contribution >= 0.6 is 162 Å². The fourth-order valence-corrected chi connectivity index (χ4v) is 12.9. The molecule has 0 atom stereocenters. The Morgan fingerprint density at radius 1 is 0.346 bits per heavy atom. The van der Waals surface area contributed by atoms with Crippen molar-refractivity contribution in [3.63, 3.8) is 0 Å². The Kier molecular flexibility index (Phi) is 16.6. The molecule has 8 bridgehead atoms. The molecule has 0 radical (unpaired) electrons. The average Bonchev–Trinajstić information content (AvgIpc) is 4.31. The zero-order chi connectivity index (χ0) is 57.7. The molecule has 0 aliphatic carbocycles. The molecule has 0 amide bonds. The zero-order valence-corrected chi connectivity index (χ0v) is 56.2. The minimum atomic E-state index is -0.476. The van der Waals surface area contributed by atoms with Gasteiger partial charge in [-0.25, -0.2) is 9.97 Å². The fourth-order valence-electron chi connectivity index (χ4n) is 9.14. The van der Waals surface area contributed by atoms with Crippen LogP contribution in [0.4, 0.5) is 0 Å². The van der Waals surface area contributed by atoms with Crippen LogP contribution in [0.5, 0.6) is 34.5 Å². The van der Waals surface area contributed by atoms with Crippen molar-refractivity contribution in [2.45, 2.75) is 52.4 Å². The summed E-state index contributed by atoms with van der Waals surface area (Å²) in [4.78, 5) is 39.5. The van der Waals surface area contributed by atoms with E-state index in [1.807, 2.05) is 53.7 Å². The summed E-state index contributed by atoms with van der Waals surface area (Å²) in [6.07, 6.45) is 0. The molecule has 0 N–H and O–H groups in total. The van der Waals surface area contributed by atoms with E-state index < -0.39 is 10.8 Å². The molecule has 0 saturated heterocycles. The molecular weight excluding hydrogens is 1390 g/mol. The van der Waals surface area contributed by atoms with Gasteiger partial charge in [-0.05, 0) is 47.2 Å². The van der Waals surface area contributed by atoms with Crippen LogP contribution in [0.3, 0.4) is 0 Å². The van der Waals surface area contributed by atoms with E-state index in [9.17, 15) is 0 Å². The summed E-state index contributed by atoms with van der Waals surface area (Å²) >= 11 is 99.4. The Hall–Kier alpha value is -3.44. The molecule has 5 heterocycles. The molecule has 0 spiro atoms. The first-order chi connectivity index (χ1) is 37.7. The molecule has 3 aromatic heterocycles. The Morgan fingerprint density at radius 2 is 0.630 bits per heavy atom. The summed E-state index contributed by atoms with van der Waals surface area (Å²) in [6, 6.07) is 10.6. The average molecular weight is 1420 g/mol. The Morgan fingerprint density at radius 3 is 0.975 bits per heavy atom. The van der Waals surface area contributed by atoms with Crippen LogP contribution in [0.15, 0.2) is 36.4 Å². The van der Waals surface area contributed by atoms with Crippen molar-refractivity contribution < 1.29 is 38.4 Å². The van der Waals surface area contributed by atoms with Crippen molar-refractivity contribution in [2.24, 2.45) is 0 Å². The first-order valence-electron chi connectivity index (χ1n) is 23.2. The maximum absolute atomic E-state index is 7.52. The molecule has 81 heavy (non-hydrogen) atoms. The number of hydrogen-bond acceptors (Lipinski definition) is 10. The first-order valence-corrected chi connectivity index (χ1v) is 28.5. The molecule has 6 aromatic carbocycles. The van der Waals surface area contributed by atoms with E-state index in [-0.39, 0.29) is 191 Å². The van der Waals surface area contributed by atoms with E-state index >= 15 is 0 Å².